The molecule has 3 aliphatic heterocycles. The molecule has 0 spiro atoms. The number of urea groups is 3. The van der Waals surface area contributed by atoms with Crippen molar-refractivity contribution in [2.24, 2.45) is 34.4 Å². The van der Waals surface area contributed by atoms with Gasteiger partial charge in [0.05, 0.1) is 0 Å². The van der Waals surface area contributed by atoms with Gasteiger partial charge in [-0.2, -0.15) is 0 Å². The van der Waals surface area contributed by atoms with E-state index in [0.717, 1.165) is 0 Å². The third-order valence-corrected chi connectivity index (χ3v) is 14.0. The number of nitrogens with one attached hydrogen (secondary N) is 9. The molecule has 80 heavy (non-hydrogen) atoms. The highest BCUT2D eigenvalue weighted by Gasteiger charge is 2.47. The van der Waals surface area contributed by atoms with Crippen molar-refractivity contribution in [3.63, 3.8) is 0 Å². The molecule has 21 N–H and O–H groups in total. The Balaban J connectivity index is 0.0000118. The van der Waals surface area contributed by atoms with Crippen LogP contribution in [0.3, 0.4) is 0 Å². The molecule has 0 saturated carbocycles. The van der Waals surface area contributed by atoms with Crippen LogP contribution in [0.1, 0.15) is 99.7 Å². The Hall–Kier alpha value is -8.05. The first kappa shape index (κ1) is 62.8. The standard InChI is InChI=1S/C52H67N15O12.ClH/c53-22-4-1-19-50(56,37(68)25-34-41(71)65-47(77)62-34)44(74)59-31-13-7-28(8-14-31)40(29-9-15-32(16-10-29)60-45(75)51(57,20-2-5-23-54)38(69)26-35-42(72)66-48(78)63-35)30-11-17-33(18-12-30)61-46(76)52(58,21-3-6-24-55)39(70)27-36-43(73)67-49(79)64-36;/h7-18,34-36,40H,1-6,19-27,53-58H2,(H,59,74)(H,60,75)(H,61,76)(H2,62,65,71,77)(H2,63,66,72,78)(H2,64,67,73,79);1H/t34?,35?,36?,40?,50-,51-,52-;/m0./s1. The van der Waals surface area contributed by atoms with Crippen LogP contribution in [0.5, 0.6) is 0 Å². The number of unbranched alkanes of at least 4 members (excludes halogenated alkanes) is 3. The van der Waals surface area contributed by atoms with E-state index in [1.807, 2.05) is 0 Å². The number of hydrogen-bond donors (Lipinski definition) is 15. The van der Waals surface area contributed by atoms with E-state index in [1.165, 1.54) is 0 Å². The Morgan fingerprint density at radius 1 is 0.412 bits per heavy atom. The molecule has 3 saturated heterocycles. The molecule has 3 aromatic carbocycles. The summed E-state index contributed by atoms with van der Waals surface area (Å²) in [7, 11) is 0. The molecule has 0 radical (unpaired) electrons. The maximum Gasteiger partial charge on any atom is 0.322 e. The fourth-order valence-corrected chi connectivity index (χ4v) is 9.28. The minimum atomic E-state index is -2.12. The van der Waals surface area contributed by atoms with Gasteiger partial charge in [0.15, 0.2) is 34.0 Å². The predicted octanol–water partition coefficient (Wildman–Crippen LogP) is -0.915. The number of amides is 12. The average Bonchev–Trinajstić information content (AvgIpc) is 4.05. The summed E-state index contributed by atoms with van der Waals surface area (Å²) in [4.78, 5) is 155. The van der Waals surface area contributed by atoms with Gasteiger partial charge < -0.3 is 66.3 Å². The summed E-state index contributed by atoms with van der Waals surface area (Å²) in [5.41, 5.74) is 33.0. The summed E-state index contributed by atoms with van der Waals surface area (Å²) >= 11 is 0. The summed E-state index contributed by atoms with van der Waals surface area (Å²) in [5.74, 6) is -7.79. The van der Waals surface area contributed by atoms with E-state index in [1.54, 1.807) is 72.8 Å². The highest BCUT2D eigenvalue weighted by molar-refractivity contribution is 6.19. The number of nitrogens with two attached hydrogens (primary N) is 6. The summed E-state index contributed by atoms with van der Waals surface area (Å²) in [6, 6.07) is 13.6. The van der Waals surface area contributed by atoms with Gasteiger partial charge in [0.2, 0.25) is 0 Å². The molecule has 3 heterocycles. The summed E-state index contributed by atoms with van der Waals surface area (Å²) < 4.78 is 0. The first-order valence-electron chi connectivity index (χ1n) is 25.7. The topological polar surface area (TPSA) is 469 Å². The van der Waals surface area contributed by atoms with Gasteiger partial charge in [-0.05, 0) is 131 Å². The zero-order chi connectivity index (χ0) is 57.7. The Morgan fingerprint density at radius 3 is 0.850 bits per heavy atom. The van der Waals surface area contributed by atoms with Crippen molar-refractivity contribution in [3.8, 4) is 0 Å². The fraction of sp³-hybridized carbons (Fsp3) is 0.423. The number of Topliss-reactive ketones (excluding diaryl/α,β-unsaturated/α-hetero) is 3. The predicted molar refractivity (Wildman–Crippen MR) is 293 cm³/mol. The largest absolute Gasteiger partial charge is 0.330 e. The number of rotatable bonds is 30. The number of halogens is 1. The molecule has 3 aromatic rings. The van der Waals surface area contributed by atoms with Gasteiger partial charge in [-0.25, -0.2) is 14.4 Å². The van der Waals surface area contributed by atoms with Gasteiger partial charge >= 0.3 is 18.1 Å². The van der Waals surface area contributed by atoms with Gasteiger partial charge in [0.25, 0.3) is 35.4 Å². The van der Waals surface area contributed by atoms with Gasteiger partial charge in [-0.15, -0.1) is 12.4 Å². The van der Waals surface area contributed by atoms with Crippen molar-refractivity contribution >= 4 is 100 Å². The first-order chi connectivity index (χ1) is 37.5. The monoisotopic (exact) mass is 1130 g/mol. The Labute approximate surface area is 465 Å². The Bertz CT molecular complexity index is 2560. The minimum Gasteiger partial charge on any atom is -0.330 e. The molecule has 6 rings (SSSR count). The van der Waals surface area contributed by atoms with Gasteiger partial charge in [0.1, 0.15) is 18.1 Å². The number of ketones is 3. The molecular formula is C52H68ClN15O12. The lowest BCUT2D eigenvalue weighted by molar-refractivity contribution is -0.136. The zero-order valence-corrected chi connectivity index (χ0v) is 44.4. The lowest BCUT2D eigenvalue weighted by Gasteiger charge is -2.28. The van der Waals surface area contributed by atoms with Gasteiger partial charge in [0, 0.05) is 42.2 Å². The number of hydrogen-bond acceptors (Lipinski definition) is 18. The zero-order valence-electron chi connectivity index (χ0n) is 43.6. The Kier molecular flexibility index (Phi) is 21.7. The van der Waals surface area contributed by atoms with Crippen LogP contribution in [0.25, 0.3) is 0 Å². The minimum absolute atomic E-state index is 0. The summed E-state index contributed by atoms with van der Waals surface area (Å²) in [6.07, 6.45) is 0.230. The van der Waals surface area contributed by atoms with Crippen molar-refractivity contribution in [3.05, 3.63) is 89.5 Å². The van der Waals surface area contributed by atoms with E-state index in [9.17, 15) is 57.5 Å². The number of carbonyl (C=O) groups excluding carboxylic acids is 12. The number of anilines is 3. The lowest BCUT2D eigenvalue weighted by atomic mass is 9.83. The highest BCUT2D eigenvalue weighted by Crippen LogP contribution is 2.35. The average molecular weight is 1130 g/mol. The molecule has 28 heteroatoms. The lowest BCUT2D eigenvalue weighted by Crippen LogP contribution is -2.58. The van der Waals surface area contributed by atoms with Crippen LogP contribution < -0.4 is 82.3 Å². The van der Waals surface area contributed by atoms with Crippen molar-refractivity contribution < 1.29 is 57.5 Å². The van der Waals surface area contributed by atoms with E-state index in [4.69, 9.17) is 34.4 Å². The van der Waals surface area contributed by atoms with Gasteiger partial charge in [-0.3, -0.25) is 59.1 Å². The molecule has 3 aliphatic rings. The maximum absolute atomic E-state index is 13.9. The van der Waals surface area contributed by atoms with Crippen molar-refractivity contribution in [1.29, 1.82) is 0 Å². The van der Waals surface area contributed by atoms with Gasteiger partial charge in [-0.1, -0.05) is 36.4 Å². The molecule has 430 valence electrons. The second kappa shape index (κ2) is 27.7. The fourth-order valence-electron chi connectivity index (χ4n) is 9.28. The van der Waals surface area contributed by atoms with E-state index in [2.05, 4.69) is 47.9 Å². The molecule has 0 aromatic heterocycles. The second-order valence-corrected chi connectivity index (χ2v) is 19.7. The van der Waals surface area contributed by atoms with Crippen LogP contribution in [-0.2, 0) is 43.2 Å². The van der Waals surface area contributed by atoms with Crippen LogP contribution in [0, 0.1) is 0 Å². The van der Waals surface area contributed by atoms with Crippen LogP contribution in [0.4, 0.5) is 31.4 Å². The second-order valence-electron chi connectivity index (χ2n) is 19.7. The number of carbonyl (C=O) groups is 12. The van der Waals surface area contributed by atoms with E-state index in [-0.39, 0.29) is 68.4 Å². The van der Waals surface area contributed by atoms with Crippen LogP contribution in [0.2, 0.25) is 0 Å². The molecule has 0 aliphatic carbocycles. The van der Waals surface area contributed by atoms with Crippen molar-refractivity contribution in [2.75, 3.05) is 35.6 Å². The van der Waals surface area contributed by atoms with Crippen molar-refractivity contribution in [2.45, 2.75) is 118 Å². The molecular weight excluding hydrogens is 1060 g/mol. The molecule has 0 bridgehead atoms. The summed E-state index contributed by atoms with van der Waals surface area (Å²) in [5, 5.41) is 21.3. The van der Waals surface area contributed by atoms with Crippen LogP contribution >= 0.6 is 12.4 Å². The van der Waals surface area contributed by atoms with E-state index < -0.39 is 131 Å². The van der Waals surface area contributed by atoms with E-state index >= 15 is 0 Å². The maximum atomic E-state index is 13.9. The quantitative estimate of drug-likeness (QED) is 0.0166. The Morgan fingerprint density at radius 2 is 0.650 bits per heavy atom. The molecule has 27 nitrogen and oxygen atoms in total. The molecule has 3 fully saturated rings. The SMILES string of the molecule is Cl.NCCCC[C@](N)(C(=O)CC1NC(=O)NC1=O)C(=O)Nc1ccc(C(c2ccc(NC(=O)[C@](N)(CCCCN)C(=O)CC3NC(=O)NC3=O)cc2)c2ccc(NC(=O)[C@](N)(CCCCN)C(=O)CC3NC(=O)NC3=O)cc2)cc1. The molecule has 12 amide bonds. The first-order valence-corrected chi connectivity index (χ1v) is 25.7. The van der Waals surface area contributed by atoms with Crippen LogP contribution in [0.15, 0.2) is 72.8 Å². The molecule has 6 atom stereocenters. The highest BCUT2D eigenvalue weighted by atomic mass is 35.5. The molecule has 3 unspecified atom stereocenters. The smallest absolute Gasteiger partial charge is 0.322 e. The third kappa shape index (κ3) is 15.2. The number of benzene rings is 3. The van der Waals surface area contributed by atoms with Crippen molar-refractivity contribution in [1.82, 2.24) is 31.9 Å². The normalized spacial score (nSPS) is 19.2. The number of imide groups is 3. The van der Waals surface area contributed by atoms with Crippen LogP contribution in [-0.4, -0.2) is 125 Å². The summed E-state index contributed by atoms with van der Waals surface area (Å²) in [6.45, 7) is 0.784. The third-order valence-electron chi connectivity index (χ3n) is 14.0. The van der Waals surface area contributed by atoms with E-state index in [0.29, 0.717) is 55.2 Å².